The topological polar surface area (TPSA) is 66.9 Å². The number of aromatic nitrogens is 3. The highest BCUT2D eigenvalue weighted by atomic mass is 32.1. The van der Waals surface area contributed by atoms with Crippen molar-refractivity contribution in [2.24, 2.45) is 0 Å². The van der Waals surface area contributed by atoms with Crippen molar-refractivity contribution in [1.29, 1.82) is 0 Å². The summed E-state index contributed by atoms with van der Waals surface area (Å²) < 4.78 is 20.5. The molecule has 35 heavy (non-hydrogen) atoms. The molecular formula is C26H24FN5O2S. The zero-order chi connectivity index (χ0) is 24.1. The molecule has 0 unspecified atom stereocenters. The van der Waals surface area contributed by atoms with Gasteiger partial charge in [-0.15, -0.1) is 5.10 Å². The van der Waals surface area contributed by atoms with Gasteiger partial charge in [-0.2, -0.15) is 0 Å². The van der Waals surface area contributed by atoms with E-state index in [2.05, 4.69) is 26.9 Å². The van der Waals surface area contributed by atoms with Gasteiger partial charge in [0.05, 0.1) is 11.9 Å². The van der Waals surface area contributed by atoms with Gasteiger partial charge in [-0.3, -0.25) is 4.90 Å². The second-order valence-corrected chi connectivity index (χ2v) is 9.92. The summed E-state index contributed by atoms with van der Waals surface area (Å²) in [5.74, 6) is -0.261. The van der Waals surface area contributed by atoms with Gasteiger partial charge in [0.1, 0.15) is 11.4 Å². The highest BCUT2D eigenvalue weighted by Gasteiger charge is 2.22. The lowest BCUT2D eigenvalue weighted by Gasteiger charge is -2.34. The first-order chi connectivity index (χ1) is 16.9. The third kappa shape index (κ3) is 4.11. The summed E-state index contributed by atoms with van der Waals surface area (Å²) in [6.07, 6.45) is 1.88. The fraction of sp³-hybridized carbons (Fsp3) is 0.269. The van der Waals surface area contributed by atoms with Crippen LogP contribution in [0, 0.1) is 19.7 Å². The minimum absolute atomic E-state index is 0.261. The van der Waals surface area contributed by atoms with Gasteiger partial charge in [-0.25, -0.2) is 18.7 Å². The maximum Gasteiger partial charge on any atom is 0.336 e. The second kappa shape index (κ2) is 8.58. The van der Waals surface area contributed by atoms with Gasteiger partial charge in [0.2, 0.25) is 10.1 Å². The van der Waals surface area contributed by atoms with E-state index in [1.807, 2.05) is 20.0 Å². The molecule has 1 fully saturated rings. The van der Waals surface area contributed by atoms with E-state index in [-0.39, 0.29) is 11.4 Å². The molecule has 0 aliphatic carbocycles. The summed E-state index contributed by atoms with van der Waals surface area (Å²) in [6.45, 7) is 8.17. The zero-order valence-electron chi connectivity index (χ0n) is 19.5. The number of anilines is 1. The van der Waals surface area contributed by atoms with Gasteiger partial charge >= 0.3 is 5.63 Å². The summed E-state index contributed by atoms with van der Waals surface area (Å²) in [5, 5.41) is 6.68. The Kier molecular flexibility index (Phi) is 5.38. The van der Waals surface area contributed by atoms with E-state index in [0.717, 1.165) is 69.6 Å². The number of hydrogen-bond donors (Lipinski definition) is 0. The fourth-order valence-corrected chi connectivity index (χ4v) is 5.51. The largest absolute Gasteiger partial charge is 0.422 e. The molecule has 0 bridgehead atoms. The minimum atomic E-state index is -0.300. The molecule has 5 aromatic rings. The van der Waals surface area contributed by atoms with Crippen molar-refractivity contribution < 1.29 is 8.81 Å². The number of imidazole rings is 1. The van der Waals surface area contributed by atoms with Crippen molar-refractivity contribution >= 4 is 32.4 Å². The maximum atomic E-state index is 13.2. The molecule has 7 nitrogen and oxygen atoms in total. The SMILES string of the molecule is Cc1ccc2c(CN3CCN(c4nn5cc(-c6ccc(F)cc6)nc5s4)CC3)cc(=O)oc2c1C. The molecule has 0 spiro atoms. The number of nitrogens with zero attached hydrogens (tertiary/aromatic N) is 5. The first-order valence-electron chi connectivity index (χ1n) is 11.6. The van der Waals surface area contributed by atoms with Crippen LogP contribution >= 0.6 is 11.3 Å². The summed E-state index contributed by atoms with van der Waals surface area (Å²) in [7, 11) is 0. The molecule has 6 rings (SSSR count). The molecule has 0 radical (unpaired) electrons. The Hall–Kier alpha value is -3.56. The first-order valence-corrected chi connectivity index (χ1v) is 12.4. The van der Waals surface area contributed by atoms with Gasteiger partial charge in [0, 0.05) is 49.7 Å². The van der Waals surface area contributed by atoms with Crippen molar-refractivity contribution in [3.8, 4) is 11.3 Å². The van der Waals surface area contributed by atoms with Crippen LogP contribution in [-0.2, 0) is 6.54 Å². The highest BCUT2D eigenvalue weighted by Crippen LogP contribution is 2.28. The predicted molar refractivity (Wildman–Crippen MR) is 136 cm³/mol. The van der Waals surface area contributed by atoms with Crippen molar-refractivity contribution in [2.75, 3.05) is 31.1 Å². The van der Waals surface area contributed by atoms with Crippen LogP contribution in [0.25, 0.3) is 27.2 Å². The minimum Gasteiger partial charge on any atom is -0.422 e. The number of halogens is 1. The summed E-state index contributed by atoms with van der Waals surface area (Å²) in [5.41, 5.74) is 5.18. The third-order valence-electron chi connectivity index (χ3n) is 6.73. The quantitative estimate of drug-likeness (QED) is 0.343. The van der Waals surface area contributed by atoms with Gasteiger partial charge in [-0.05, 0) is 54.8 Å². The Bertz CT molecular complexity index is 1560. The normalized spacial score (nSPS) is 14.9. The summed E-state index contributed by atoms with van der Waals surface area (Å²) >= 11 is 1.55. The Labute approximate surface area is 205 Å². The highest BCUT2D eigenvalue weighted by molar-refractivity contribution is 7.20. The third-order valence-corrected chi connectivity index (χ3v) is 7.71. The first kappa shape index (κ1) is 21.9. The summed E-state index contributed by atoms with van der Waals surface area (Å²) in [4.78, 5) is 22.3. The van der Waals surface area contributed by atoms with E-state index >= 15 is 0 Å². The molecule has 1 aliphatic rings. The van der Waals surface area contributed by atoms with E-state index in [1.165, 1.54) is 12.1 Å². The van der Waals surface area contributed by atoms with E-state index < -0.39 is 0 Å². The molecule has 9 heteroatoms. The van der Waals surface area contributed by atoms with Crippen LogP contribution in [0.2, 0.25) is 0 Å². The van der Waals surface area contributed by atoms with Crippen LogP contribution in [0.5, 0.6) is 0 Å². The molecule has 1 aliphatic heterocycles. The molecule has 0 N–H and O–H groups in total. The van der Waals surface area contributed by atoms with Crippen LogP contribution in [0.3, 0.4) is 0 Å². The number of fused-ring (bicyclic) bond motifs is 2. The smallest absolute Gasteiger partial charge is 0.336 e. The van der Waals surface area contributed by atoms with Crippen LogP contribution in [-0.4, -0.2) is 45.7 Å². The molecule has 4 heterocycles. The van der Waals surface area contributed by atoms with Crippen molar-refractivity contribution in [2.45, 2.75) is 20.4 Å². The van der Waals surface area contributed by atoms with E-state index in [1.54, 1.807) is 34.1 Å². The van der Waals surface area contributed by atoms with Gasteiger partial charge in [0.15, 0.2) is 0 Å². The van der Waals surface area contributed by atoms with Gasteiger partial charge in [-0.1, -0.05) is 23.5 Å². The molecule has 1 saturated heterocycles. The number of hydrogen-bond acceptors (Lipinski definition) is 7. The van der Waals surface area contributed by atoms with Crippen LogP contribution in [0.1, 0.15) is 16.7 Å². The van der Waals surface area contributed by atoms with Crippen molar-refractivity contribution in [3.05, 3.63) is 81.6 Å². The van der Waals surface area contributed by atoms with Crippen molar-refractivity contribution in [1.82, 2.24) is 19.5 Å². The lowest BCUT2D eigenvalue weighted by Crippen LogP contribution is -2.46. The lowest BCUT2D eigenvalue weighted by atomic mass is 10.0. The average Bonchev–Trinajstić information content (AvgIpc) is 3.42. The molecule has 178 valence electrons. The molecule has 0 amide bonds. The molecular weight excluding hydrogens is 465 g/mol. The number of aryl methyl sites for hydroxylation is 2. The fourth-order valence-electron chi connectivity index (χ4n) is 4.57. The van der Waals surface area contributed by atoms with Gasteiger partial charge in [0.25, 0.3) is 0 Å². The Morgan fingerprint density at radius 3 is 2.57 bits per heavy atom. The van der Waals surface area contributed by atoms with E-state index in [4.69, 9.17) is 9.52 Å². The van der Waals surface area contributed by atoms with Crippen LogP contribution in [0.15, 0.2) is 57.9 Å². The van der Waals surface area contributed by atoms with Crippen LogP contribution < -0.4 is 10.5 Å². The monoisotopic (exact) mass is 489 g/mol. The molecule has 3 aromatic heterocycles. The summed E-state index contributed by atoms with van der Waals surface area (Å²) in [6, 6.07) is 12.1. The Morgan fingerprint density at radius 1 is 1.06 bits per heavy atom. The lowest BCUT2D eigenvalue weighted by molar-refractivity contribution is 0.250. The Balaban J connectivity index is 1.16. The number of benzene rings is 2. The molecule has 0 atom stereocenters. The Morgan fingerprint density at radius 2 is 1.83 bits per heavy atom. The average molecular weight is 490 g/mol. The maximum absolute atomic E-state index is 13.2. The predicted octanol–water partition coefficient (Wildman–Crippen LogP) is 4.64. The second-order valence-electron chi connectivity index (χ2n) is 8.98. The van der Waals surface area contributed by atoms with Gasteiger partial charge < -0.3 is 9.32 Å². The van der Waals surface area contributed by atoms with E-state index in [0.29, 0.717) is 12.1 Å². The van der Waals surface area contributed by atoms with Crippen molar-refractivity contribution in [3.63, 3.8) is 0 Å². The van der Waals surface area contributed by atoms with E-state index in [9.17, 15) is 9.18 Å². The standard InChI is InChI=1S/C26H24FN5O2S/c1-16-3-8-21-19(13-23(33)34-24(21)17(16)2)14-30-9-11-31(12-10-30)26-29-32-15-22(28-25(32)35-26)18-4-6-20(27)7-5-18/h3-8,13,15H,9-12,14H2,1-2H3. The number of piperazine rings is 1. The molecule has 2 aromatic carbocycles. The van der Waals surface area contributed by atoms with Crippen LogP contribution in [0.4, 0.5) is 9.52 Å². The zero-order valence-corrected chi connectivity index (χ0v) is 20.3. The number of rotatable bonds is 4. The molecule has 0 saturated carbocycles.